The largest absolute Gasteiger partial charge is 0.394 e. The molecule has 0 fully saturated rings. The van der Waals surface area contributed by atoms with Crippen molar-refractivity contribution in [3.63, 3.8) is 0 Å². The van der Waals surface area contributed by atoms with Crippen LogP contribution < -0.4 is 5.32 Å². The summed E-state index contributed by atoms with van der Waals surface area (Å²) in [5.74, 6) is -2.11. The van der Waals surface area contributed by atoms with Gasteiger partial charge in [-0.05, 0) is 25.0 Å². The number of benzene rings is 1. The van der Waals surface area contributed by atoms with Gasteiger partial charge in [-0.1, -0.05) is 12.1 Å². The minimum atomic E-state index is -0.911. The molecule has 0 spiro atoms. The number of aliphatic hydroxyl groups excluding tert-OH is 1. The fourth-order valence-corrected chi connectivity index (χ4v) is 1.38. The maximum absolute atomic E-state index is 13.2. The Kier molecular flexibility index (Phi) is 5.03. The zero-order valence-electron chi connectivity index (χ0n) is 9.54. The molecule has 1 unspecified atom stereocenters. The molecule has 1 aromatic carbocycles. The molecule has 1 rings (SSSR count). The lowest BCUT2D eigenvalue weighted by Crippen LogP contribution is -2.35. The molecule has 94 valence electrons. The average molecular weight is 243 g/mol. The SMILES string of the molecule is CC(CO)NC(=O)CCc1cccc(F)c1F. The minimum Gasteiger partial charge on any atom is -0.394 e. The van der Waals surface area contributed by atoms with E-state index in [2.05, 4.69) is 5.32 Å². The number of hydrogen-bond donors (Lipinski definition) is 2. The van der Waals surface area contributed by atoms with E-state index in [1.165, 1.54) is 12.1 Å². The number of nitrogens with one attached hydrogen (secondary N) is 1. The normalized spacial score (nSPS) is 12.2. The van der Waals surface area contributed by atoms with E-state index in [4.69, 9.17) is 5.11 Å². The van der Waals surface area contributed by atoms with Crippen LogP contribution in [0.3, 0.4) is 0 Å². The molecule has 0 aliphatic rings. The molecule has 0 radical (unpaired) electrons. The predicted octanol–water partition coefficient (Wildman–Crippen LogP) is 1.39. The lowest BCUT2D eigenvalue weighted by molar-refractivity contribution is -0.121. The van der Waals surface area contributed by atoms with E-state index >= 15 is 0 Å². The summed E-state index contributed by atoms with van der Waals surface area (Å²) < 4.78 is 26.1. The van der Waals surface area contributed by atoms with Crippen LogP contribution in [-0.2, 0) is 11.2 Å². The highest BCUT2D eigenvalue weighted by Gasteiger charge is 2.10. The smallest absolute Gasteiger partial charge is 0.220 e. The Morgan fingerprint density at radius 2 is 2.18 bits per heavy atom. The fourth-order valence-electron chi connectivity index (χ4n) is 1.38. The van der Waals surface area contributed by atoms with E-state index in [1.54, 1.807) is 6.92 Å². The van der Waals surface area contributed by atoms with Crippen LogP contribution >= 0.6 is 0 Å². The van der Waals surface area contributed by atoms with Crippen molar-refractivity contribution in [1.29, 1.82) is 0 Å². The van der Waals surface area contributed by atoms with Gasteiger partial charge in [-0.2, -0.15) is 0 Å². The molecule has 5 heteroatoms. The van der Waals surface area contributed by atoms with Crippen LogP contribution in [0.5, 0.6) is 0 Å². The number of hydrogen-bond acceptors (Lipinski definition) is 2. The Labute approximate surface area is 98.5 Å². The Morgan fingerprint density at radius 3 is 2.82 bits per heavy atom. The zero-order valence-corrected chi connectivity index (χ0v) is 9.54. The van der Waals surface area contributed by atoms with Gasteiger partial charge in [0.15, 0.2) is 11.6 Å². The van der Waals surface area contributed by atoms with Crippen molar-refractivity contribution >= 4 is 5.91 Å². The van der Waals surface area contributed by atoms with Crippen LogP contribution in [0.2, 0.25) is 0 Å². The first-order chi connectivity index (χ1) is 8.04. The van der Waals surface area contributed by atoms with Gasteiger partial charge in [0, 0.05) is 12.5 Å². The number of aryl methyl sites for hydroxylation is 1. The van der Waals surface area contributed by atoms with Crippen molar-refractivity contribution in [2.45, 2.75) is 25.8 Å². The van der Waals surface area contributed by atoms with Crippen molar-refractivity contribution in [1.82, 2.24) is 5.32 Å². The predicted molar refractivity (Wildman–Crippen MR) is 59.4 cm³/mol. The minimum absolute atomic E-state index is 0.0602. The van der Waals surface area contributed by atoms with E-state index in [0.29, 0.717) is 0 Å². The number of rotatable bonds is 5. The molecular formula is C12H15F2NO2. The fraction of sp³-hybridized carbons (Fsp3) is 0.417. The molecule has 0 heterocycles. The van der Waals surface area contributed by atoms with E-state index < -0.39 is 11.6 Å². The highest BCUT2D eigenvalue weighted by molar-refractivity contribution is 5.76. The Morgan fingerprint density at radius 1 is 1.47 bits per heavy atom. The standard InChI is InChI=1S/C12H15F2NO2/c1-8(7-16)15-11(17)6-5-9-3-2-4-10(13)12(9)14/h2-4,8,16H,5-7H2,1H3,(H,15,17). The third-order valence-corrected chi connectivity index (χ3v) is 2.33. The van der Waals surface area contributed by atoms with E-state index in [0.717, 1.165) is 6.07 Å². The first kappa shape index (κ1) is 13.6. The lowest BCUT2D eigenvalue weighted by Gasteiger charge is -2.10. The molecule has 0 aliphatic carbocycles. The third-order valence-electron chi connectivity index (χ3n) is 2.33. The van der Waals surface area contributed by atoms with Crippen LogP contribution in [-0.4, -0.2) is 23.7 Å². The van der Waals surface area contributed by atoms with E-state index in [1.807, 2.05) is 0 Å². The van der Waals surface area contributed by atoms with Crippen LogP contribution in [0.25, 0.3) is 0 Å². The molecule has 0 bridgehead atoms. The molecule has 0 aromatic heterocycles. The maximum atomic E-state index is 13.2. The summed E-state index contributed by atoms with van der Waals surface area (Å²) in [6, 6.07) is 3.55. The van der Waals surface area contributed by atoms with Crippen LogP contribution in [0.4, 0.5) is 8.78 Å². The Hall–Kier alpha value is -1.49. The zero-order chi connectivity index (χ0) is 12.8. The summed E-state index contributed by atoms with van der Waals surface area (Å²) in [5.41, 5.74) is 0.178. The van der Waals surface area contributed by atoms with Crippen molar-refractivity contribution < 1.29 is 18.7 Å². The number of halogens is 2. The molecule has 1 aromatic rings. The van der Waals surface area contributed by atoms with Gasteiger partial charge in [0.1, 0.15) is 0 Å². The van der Waals surface area contributed by atoms with Gasteiger partial charge in [-0.3, -0.25) is 4.79 Å². The van der Waals surface area contributed by atoms with Crippen molar-refractivity contribution in [2.75, 3.05) is 6.61 Å². The average Bonchev–Trinajstić information content (AvgIpc) is 2.31. The molecule has 3 nitrogen and oxygen atoms in total. The van der Waals surface area contributed by atoms with Crippen molar-refractivity contribution in [2.24, 2.45) is 0 Å². The number of carbonyl (C=O) groups is 1. The Balaban J connectivity index is 2.50. The summed E-state index contributed by atoms with van der Waals surface area (Å²) in [5, 5.41) is 11.3. The quantitative estimate of drug-likeness (QED) is 0.821. The lowest BCUT2D eigenvalue weighted by atomic mass is 10.1. The van der Waals surface area contributed by atoms with E-state index in [-0.39, 0.29) is 37.0 Å². The van der Waals surface area contributed by atoms with Gasteiger partial charge in [0.2, 0.25) is 5.91 Å². The molecular weight excluding hydrogens is 228 g/mol. The van der Waals surface area contributed by atoms with Gasteiger partial charge >= 0.3 is 0 Å². The summed E-state index contributed by atoms with van der Waals surface area (Å²) >= 11 is 0. The molecule has 2 N–H and O–H groups in total. The van der Waals surface area contributed by atoms with Gasteiger partial charge in [-0.15, -0.1) is 0 Å². The van der Waals surface area contributed by atoms with Crippen molar-refractivity contribution in [3.05, 3.63) is 35.4 Å². The maximum Gasteiger partial charge on any atom is 0.220 e. The highest BCUT2D eigenvalue weighted by atomic mass is 19.2. The van der Waals surface area contributed by atoms with Gasteiger partial charge in [0.05, 0.1) is 6.61 Å². The first-order valence-corrected chi connectivity index (χ1v) is 5.37. The highest BCUT2D eigenvalue weighted by Crippen LogP contribution is 2.13. The number of aliphatic hydroxyl groups is 1. The van der Waals surface area contributed by atoms with Crippen molar-refractivity contribution in [3.8, 4) is 0 Å². The van der Waals surface area contributed by atoms with Gasteiger partial charge < -0.3 is 10.4 Å². The van der Waals surface area contributed by atoms with Crippen LogP contribution in [0.15, 0.2) is 18.2 Å². The molecule has 1 amide bonds. The van der Waals surface area contributed by atoms with Gasteiger partial charge in [0.25, 0.3) is 0 Å². The molecule has 1 atom stereocenters. The second kappa shape index (κ2) is 6.30. The first-order valence-electron chi connectivity index (χ1n) is 5.37. The number of carbonyl (C=O) groups excluding carboxylic acids is 1. The van der Waals surface area contributed by atoms with Crippen LogP contribution in [0, 0.1) is 11.6 Å². The molecule has 17 heavy (non-hydrogen) atoms. The Bertz CT molecular complexity index is 396. The monoisotopic (exact) mass is 243 g/mol. The second-order valence-electron chi connectivity index (χ2n) is 3.86. The number of amides is 1. The second-order valence-corrected chi connectivity index (χ2v) is 3.86. The topological polar surface area (TPSA) is 49.3 Å². The summed E-state index contributed by atoms with van der Waals surface area (Å²) in [6.07, 6.45) is 0.193. The third kappa shape index (κ3) is 4.11. The van der Waals surface area contributed by atoms with E-state index in [9.17, 15) is 13.6 Å². The molecule has 0 saturated heterocycles. The van der Waals surface area contributed by atoms with Crippen LogP contribution in [0.1, 0.15) is 18.9 Å². The molecule has 0 saturated carbocycles. The summed E-state index contributed by atoms with van der Waals surface area (Å²) in [4.78, 5) is 11.3. The van der Waals surface area contributed by atoms with Gasteiger partial charge in [-0.25, -0.2) is 8.78 Å². The summed E-state index contributed by atoms with van der Waals surface area (Å²) in [7, 11) is 0. The molecule has 0 aliphatic heterocycles. The summed E-state index contributed by atoms with van der Waals surface area (Å²) in [6.45, 7) is 1.50.